The molecule has 192 valence electrons. The SMILES string of the molecule is OC(c1ccc(-c2ccc(NC3CCN(Cc4ccncc4)CC3)cc2)cc1)(C(F)(F)F)C(F)(F)F. The normalized spacial score (nSPS) is 16.2. The Kier molecular flexibility index (Phi) is 7.28. The van der Waals surface area contributed by atoms with Gasteiger partial charge in [-0.2, -0.15) is 26.3 Å². The Morgan fingerprint density at radius 1 is 0.778 bits per heavy atom. The molecule has 0 aliphatic carbocycles. The molecule has 3 aromatic rings. The smallest absolute Gasteiger partial charge is 0.382 e. The van der Waals surface area contributed by atoms with Gasteiger partial charge in [-0.3, -0.25) is 9.88 Å². The van der Waals surface area contributed by atoms with Crippen molar-refractivity contribution in [3.05, 3.63) is 84.2 Å². The van der Waals surface area contributed by atoms with E-state index in [1.807, 2.05) is 24.3 Å². The number of aliphatic hydroxyl groups is 1. The minimum atomic E-state index is -5.91. The first-order valence-corrected chi connectivity index (χ1v) is 11.4. The highest BCUT2D eigenvalue weighted by Gasteiger charge is 2.71. The molecule has 0 amide bonds. The molecule has 36 heavy (non-hydrogen) atoms. The van der Waals surface area contributed by atoms with Crippen LogP contribution in [0.15, 0.2) is 73.1 Å². The molecule has 0 saturated carbocycles. The summed E-state index contributed by atoms with van der Waals surface area (Å²) in [4.78, 5) is 6.42. The number of hydrogen-bond acceptors (Lipinski definition) is 4. The highest BCUT2D eigenvalue weighted by Crippen LogP contribution is 2.50. The topological polar surface area (TPSA) is 48.4 Å². The van der Waals surface area contributed by atoms with Gasteiger partial charge in [0.2, 0.25) is 0 Å². The third-order valence-electron chi connectivity index (χ3n) is 6.46. The van der Waals surface area contributed by atoms with Gasteiger partial charge < -0.3 is 10.4 Å². The lowest BCUT2D eigenvalue weighted by molar-refractivity contribution is -0.376. The molecular weight excluding hydrogens is 484 g/mol. The second kappa shape index (κ2) is 10.1. The second-order valence-corrected chi connectivity index (χ2v) is 8.91. The highest BCUT2D eigenvalue weighted by atomic mass is 19.4. The molecule has 0 unspecified atom stereocenters. The monoisotopic (exact) mass is 509 g/mol. The largest absolute Gasteiger partial charge is 0.430 e. The zero-order valence-electron chi connectivity index (χ0n) is 19.2. The van der Waals surface area contributed by atoms with E-state index in [2.05, 4.69) is 15.2 Å². The molecule has 1 fully saturated rings. The molecule has 0 spiro atoms. The van der Waals surface area contributed by atoms with Crippen molar-refractivity contribution in [2.75, 3.05) is 18.4 Å². The van der Waals surface area contributed by atoms with Crippen LogP contribution >= 0.6 is 0 Å². The maximum absolute atomic E-state index is 13.1. The van der Waals surface area contributed by atoms with Crippen molar-refractivity contribution < 1.29 is 31.4 Å². The van der Waals surface area contributed by atoms with Gasteiger partial charge >= 0.3 is 12.4 Å². The zero-order chi connectivity index (χ0) is 26.0. The second-order valence-electron chi connectivity index (χ2n) is 8.91. The fraction of sp³-hybridized carbons (Fsp3) is 0.346. The highest BCUT2D eigenvalue weighted by molar-refractivity contribution is 5.66. The number of pyridine rings is 1. The average molecular weight is 509 g/mol. The molecule has 2 aromatic carbocycles. The van der Waals surface area contributed by atoms with Crippen LogP contribution in [-0.4, -0.2) is 46.5 Å². The molecule has 10 heteroatoms. The number of likely N-dealkylation sites (tertiary alicyclic amines) is 1. The van der Waals surface area contributed by atoms with Crippen molar-refractivity contribution in [3.63, 3.8) is 0 Å². The van der Waals surface area contributed by atoms with Gasteiger partial charge in [-0.25, -0.2) is 0 Å². The summed E-state index contributed by atoms with van der Waals surface area (Å²) in [6.45, 7) is 2.78. The maximum Gasteiger partial charge on any atom is 0.430 e. The molecular formula is C26H25F6N3O. The van der Waals surface area contributed by atoms with E-state index in [1.165, 1.54) is 5.56 Å². The van der Waals surface area contributed by atoms with Gasteiger partial charge in [0.05, 0.1) is 0 Å². The maximum atomic E-state index is 13.1. The molecule has 4 nitrogen and oxygen atoms in total. The van der Waals surface area contributed by atoms with E-state index in [4.69, 9.17) is 0 Å². The molecule has 4 rings (SSSR count). The number of nitrogens with one attached hydrogen (secondary N) is 1. The third kappa shape index (κ3) is 5.49. The molecule has 2 N–H and O–H groups in total. The van der Waals surface area contributed by atoms with Crippen LogP contribution in [0.2, 0.25) is 0 Å². The van der Waals surface area contributed by atoms with E-state index >= 15 is 0 Å². The summed E-state index contributed by atoms with van der Waals surface area (Å²) < 4.78 is 78.5. The number of benzene rings is 2. The lowest BCUT2D eigenvalue weighted by atomic mass is 9.90. The predicted octanol–water partition coefficient (Wildman–Crippen LogP) is 6.14. The van der Waals surface area contributed by atoms with E-state index in [0.717, 1.165) is 50.3 Å². The Labute approximate surface area is 204 Å². The van der Waals surface area contributed by atoms with Crippen LogP contribution in [-0.2, 0) is 12.1 Å². The number of piperidine rings is 1. The number of rotatable bonds is 6. The van der Waals surface area contributed by atoms with Crippen molar-refractivity contribution in [2.24, 2.45) is 0 Å². The van der Waals surface area contributed by atoms with Crippen LogP contribution < -0.4 is 5.32 Å². The summed E-state index contributed by atoms with van der Waals surface area (Å²) in [5.41, 5.74) is -3.05. The number of anilines is 1. The number of alkyl halides is 6. The number of halogens is 6. The minimum Gasteiger partial charge on any atom is -0.382 e. The molecule has 0 radical (unpaired) electrons. The molecule has 1 aliphatic rings. The van der Waals surface area contributed by atoms with Crippen LogP contribution in [0.5, 0.6) is 0 Å². The number of hydrogen-bond donors (Lipinski definition) is 2. The van der Waals surface area contributed by atoms with Crippen LogP contribution in [0, 0.1) is 0 Å². The molecule has 1 aromatic heterocycles. The lowest BCUT2D eigenvalue weighted by Crippen LogP contribution is -2.53. The Hall–Kier alpha value is -3.11. The first kappa shape index (κ1) is 26.0. The minimum absolute atomic E-state index is 0.297. The van der Waals surface area contributed by atoms with Crippen molar-refractivity contribution in [1.29, 1.82) is 0 Å². The number of aromatic nitrogens is 1. The van der Waals surface area contributed by atoms with Crippen LogP contribution in [0.25, 0.3) is 11.1 Å². The predicted molar refractivity (Wildman–Crippen MR) is 124 cm³/mol. The average Bonchev–Trinajstić information content (AvgIpc) is 2.85. The Bertz CT molecular complexity index is 1110. The summed E-state index contributed by atoms with van der Waals surface area (Å²) in [5, 5.41) is 13.0. The molecule has 0 atom stereocenters. The number of nitrogens with zero attached hydrogens (tertiary/aromatic N) is 2. The van der Waals surface area contributed by atoms with Gasteiger partial charge in [-0.05, 0) is 53.8 Å². The molecule has 0 bridgehead atoms. The lowest BCUT2D eigenvalue weighted by Gasteiger charge is -2.33. The quantitative estimate of drug-likeness (QED) is 0.392. The molecule has 1 aliphatic heterocycles. The van der Waals surface area contributed by atoms with E-state index in [1.54, 1.807) is 24.5 Å². The summed E-state index contributed by atoms with van der Waals surface area (Å²) in [7, 11) is 0. The summed E-state index contributed by atoms with van der Waals surface area (Å²) >= 11 is 0. The van der Waals surface area contributed by atoms with E-state index in [9.17, 15) is 31.4 Å². The van der Waals surface area contributed by atoms with Gasteiger partial charge in [0.15, 0.2) is 0 Å². The van der Waals surface area contributed by atoms with Gasteiger partial charge in [0, 0.05) is 49.3 Å². The third-order valence-corrected chi connectivity index (χ3v) is 6.46. The molecule has 2 heterocycles. The summed E-state index contributed by atoms with van der Waals surface area (Å²) in [5.74, 6) is 0. The van der Waals surface area contributed by atoms with Gasteiger partial charge in [-0.1, -0.05) is 36.4 Å². The van der Waals surface area contributed by atoms with Crippen LogP contribution in [0.4, 0.5) is 32.0 Å². The fourth-order valence-electron chi connectivity index (χ4n) is 4.37. The first-order chi connectivity index (χ1) is 17.0. The van der Waals surface area contributed by atoms with Crippen molar-refractivity contribution >= 4 is 5.69 Å². The zero-order valence-corrected chi connectivity index (χ0v) is 19.2. The first-order valence-electron chi connectivity index (χ1n) is 11.4. The van der Waals surface area contributed by atoms with E-state index in [-0.39, 0.29) is 0 Å². The van der Waals surface area contributed by atoms with Gasteiger partial charge in [0.25, 0.3) is 5.60 Å². The van der Waals surface area contributed by atoms with Gasteiger partial charge in [0.1, 0.15) is 0 Å². The Morgan fingerprint density at radius 3 is 1.78 bits per heavy atom. The van der Waals surface area contributed by atoms with Crippen molar-refractivity contribution in [2.45, 2.75) is 43.4 Å². The standard InChI is InChI=1S/C26H25F6N3O/c27-25(28,29)24(36,26(30,31)32)21-5-1-19(2-6-21)20-3-7-22(8-4-20)34-23-11-15-35(16-12-23)17-18-9-13-33-14-10-18/h1-10,13-14,23,34,36H,11-12,15-17H2. The molecule has 1 saturated heterocycles. The van der Waals surface area contributed by atoms with Crippen LogP contribution in [0.3, 0.4) is 0 Å². The van der Waals surface area contributed by atoms with E-state index < -0.39 is 23.5 Å². The Balaban J connectivity index is 1.36. The fourth-order valence-corrected chi connectivity index (χ4v) is 4.37. The van der Waals surface area contributed by atoms with Gasteiger partial charge in [-0.15, -0.1) is 0 Å². The van der Waals surface area contributed by atoms with Crippen molar-refractivity contribution in [3.8, 4) is 11.1 Å². The summed E-state index contributed by atoms with van der Waals surface area (Å²) in [6, 6.07) is 15.0. The van der Waals surface area contributed by atoms with Crippen LogP contribution in [0.1, 0.15) is 24.0 Å². The van der Waals surface area contributed by atoms with E-state index in [0.29, 0.717) is 29.3 Å². The summed E-state index contributed by atoms with van der Waals surface area (Å²) in [6.07, 6.45) is -6.31. The van der Waals surface area contributed by atoms with Crippen molar-refractivity contribution in [1.82, 2.24) is 9.88 Å². The Morgan fingerprint density at radius 2 is 1.28 bits per heavy atom.